The SMILES string of the molecule is CNc1ncc(Br)cc1C(=O)NC1(C)CCOCC1. The van der Waals surface area contributed by atoms with Gasteiger partial charge in [-0.15, -0.1) is 0 Å². The molecule has 0 radical (unpaired) electrons. The molecule has 2 heterocycles. The molecule has 1 aromatic heterocycles. The van der Waals surface area contributed by atoms with Gasteiger partial charge in [0.1, 0.15) is 5.82 Å². The molecule has 5 nitrogen and oxygen atoms in total. The van der Waals surface area contributed by atoms with Crippen LogP contribution in [0.5, 0.6) is 0 Å². The van der Waals surface area contributed by atoms with Crippen molar-refractivity contribution < 1.29 is 9.53 Å². The van der Waals surface area contributed by atoms with Crippen molar-refractivity contribution in [3.63, 3.8) is 0 Å². The normalized spacial score (nSPS) is 17.8. The van der Waals surface area contributed by atoms with E-state index < -0.39 is 0 Å². The molecule has 1 amide bonds. The zero-order valence-electron chi connectivity index (χ0n) is 11.1. The molecule has 0 spiro atoms. The second kappa shape index (κ2) is 5.88. The first-order chi connectivity index (χ1) is 9.04. The first-order valence-electron chi connectivity index (χ1n) is 6.28. The number of rotatable bonds is 3. The van der Waals surface area contributed by atoms with Crippen LogP contribution in [0.15, 0.2) is 16.7 Å². The summed E-state index contributed by atoms with van der Waals surface area (Å²) in [5, 5.41) is 6.03. The molecular formula is C13H18BrN3O2. The summed E-state index contributed by atoms with van der Waals surface area (Å²) in [6, 6.07) is 1.77. The maximum absolute atomic E-state index is 12.4. The highest BCUT2D eigenvalue weighted by molar-refractivity contribution is 9.10. The molecule has 0 saturated carbocycles. The summed E-state index contributed by atoms with van der Waals surface area (Å²) in [5.74, 6) is 0.471. The van der Waals surface area contributed by atoms with Crippen LogP contribution in [0.2, 0.25) is 0 Å². The van der Waals surface area contributed by atoms with E-state index in [1.807, 2.05) is 0 Å². The minimum atomic E-state index is -0.206. The van der Waals surface area contributed by atoms with Crippen molar-refractivity contribution in [3.05, 3.63) is 22.3 Å². The minimum Gasteiger partial charge on any atom is -0.381 e. The predicted octanol–water partition coefficient (Wildman–Crippen LogP) is 2.18. The number of halogens is 1. The smallest absolute Gasteiger partial charge is 0.255 e. The van der Waals surface area contributed by atoms with Crippen molar-refractivity contribution >= 4 is 27.7 Å². The molecule has 19 heavy (non-hydrogen) atoms. The van der Waals surface area contributed by atoms with E-state index in [4.69, 9.17) is 4.74 Å². The number of aromatic nitrogens is 1. The molecule has 104 valence electrons. The number of anilines is 1. The molecule has 0 atom stereocenters. The molecule has 1 fully saturated rings. The first-order valence-corrected chi connectivity index (χ1v) is 7.07. The zero-order chi connectivity index (χ0) is 13.9. The van der Waals surface area contributed by atoms with Gasteiger partial charge in [0, 0.05) is 36.5 Å². The Bertz CT molecular complexity index is 473. The van der Waals surface area contributed by atoms with Gasteiger partial charge >= 0.3 is 0 Å². The number of nitrogens with zero attached hydrogens (tertiary/aromatic N) is 1. The van der Waals surface area contributed by atoms with Gasteiger partial charge in [-0.2, -0.15) is 0 Å². The maximum Gasteiger partial charge on any atom is 0.255 e. The van der Waals surface area contributed by atoms with Crippen LogP contribution in [0.25, 0.3) is 0 Å². The Morgan fingerprint density at radius 1 is 1.47 bits per heavy atom. The fraction of sp³-hybridized carbons (Fsp3) is 0.538. The Balaban J connectivity index is 2.17. The summed E-state index contributed by atoms with van der Waals surface area (Å²) in [5.41, 5.74) is 0.340. The summed E-state index contributed by atoms with van der Waals surface area (Å²) in [6.07, 6.45) is 3.32. The monoisotopic (exact) mass is 327 g/mol. The van der Waals surface area contributed by atoms with E-state index in [0.29, 0.717) is 24.6 Å². The molecule has 1 aliphatic heterocycles. The van der Waals surface area contributed by atoms with Gasteiger partial charge in [0.05, 0.1) is 5.56 Å². The fourth-order valence-electron chi connectivity index (χ4n) is 2.10. The van der Waals surface area contributed by atoms with E-state index >= 15 is 0 Å². The second-order valence-electron chi connectivity index (χ2n) is 4.93. The molecule has 1 aromatic rings. The molecule has 2 N–H and O–H groups in total. The van der Waals surface area contributed by atoms with Crippen molar-refractivity contribution in [3.8, 4) is 0 Å². The van der Waals surface area contributed by atoms with E-state index in [0.717, 1.165) is 17.3 Å². The zero-order valence-corrected chi connectivity index (χ0v) is 12.7. The van der Waals surface area contributed by atoms with Gasteiger partial charge < -0.3 is 15.4 Å². The number of hydrogen-bond acceptors (Lipinski definition) is 4. The van der Waals surface area contributed by atoms with Crippen molar-refractivity contribution in [1.29, 1.82) is 0 Å². The predicted molar refractivity (Wildman–Crippen MR) is 77.4 cm³/mol. The van der Waals surface area contributed by atoms with Gasteiger partial charge in [-0.1, -0.05) is 0 Å². The Morgan fingerprint density at radius 2 is 2.16 bits per heavy atom. The van der Waals surface area contributed by atoms with Gasteiger partial charge in [-0.25, -0.2) is 4.98 Å². The van der Waals surface area contributed by atoms with Crippen LogP contribution in [-0.2, 0) is 4.74 Å². The molecule has 0 bridgehead atoms. The molecule has 6 heteroatoms. The summed E-state index contributed by atoms with van der Waals surface area (Å²) >= 11 is 3.34. The van der Waals surface area contributed by atoms with Crippen molar-refractivity contribution in [2.75, 3.05) is 25.6 Å². The lowest BCUT2D eigenvalue weighted by Crippen LogP contribution is -2.49. The van der Waals surface area contributed by atoms with Crippen LogP contribution in [0.1, 0.15) is 30.1 Å². The largest absolute Gasteiger partial charge is 0.381 e. The van der Waals surface area contributed by atoms with E-state index in [9.17, 15) is 4.79 Å². The lowest BCUT2D eigenvalue weighted by Gasteiger charge is -2.34. The summed E-state index contributed by atoms with van der Waals surface area (Å²) in [7, 11) is 1.75. The summed E-state index contributed by atoms with van der Waals surface area (Å²) in [6.45, 7) is 3.43. The van der Waals surface area contributed by atoms with Gasteiger partial charge in [0.2, 0.25) is 0 Å². The molecule has 0 unspecified atom stereocenters. The van der Waals surface area contributed by atoms with Crippen LogP contribution in [-0.4, -0.2) is 36.7 Å². The van der Waals surface area contributed by atoms with Gasteiger partial charge in [0.25, 0.3) is 5.91 Å². The van der Waals surface area contributed by atoms with Crippen LogP contribution < -0.4 is 10.6 Å². The van der Waals surface area contributed by atoms with Crippen LogP contribution in [0.4, 0.5) is 5.82 Å². The molecule has 2 rings (SSSR count). The topological polar surface area (TPSA) is 63.2 Å². The number of amides is 1. The van der Waals surface area contributed by atoms with Gasteiger partial charge in [-0.05, 0) is 41.8 Å². The average Bonchev–Trinajstić information content (AvgIpc) is 2.39. The van der Waals surface area contributed by atoms with Crippen LogP contribution in [0, 0.1) is 0 Å². The van der Waals surface area contributed by atoms with Crippen molar-refractivity contribution in [2.24, 2.45) is 0 Å². The lowest BCUT2D eigenvalue weighted by atomic mass is 9.92. The van der Waals surface area contributed by atoms with Crippen LogP contribution >= 0.6 is 15.9 Å². The van der Waals surface area contributed by atoms with E-state index in [1.165, 1.54) is 0 Å². The fourth-order valence-corrected chi connectivity index (χ4v) is 2.43. The Labute approximate surface area is 121 Å². The minimum absolute atomic E-state index is 0.109. The van der Waals surface area contributed by atoms with Crippen molar-refractivity contribution in [2.45, 2.75) is 25.3 Å². The third-order valence-electron chi connectivity index (χ3n) is 3.35. The Kier molecular flexibility index (Phi) is 4.42. The highest BCUT2D eigenvalue weighted by atomic mass is 79.9. The number of nitrogens with one attached hydrogen (secondary N) is 2. The molecule has 1 saturated heterocycles. The third-order valence-corrected chi connectivity index (χ3v) is 3.78. The van der Waals surface area contributed by atoms with Crippen molar-refractivity contribution in [1.82, 2.24) is 10.3 Å². The molecular weight excluding hydrogens is 310 g/mol. The number of hydrogen-bond donors (Lipinski definition) is 2. The van der Waals surface area contributed by atoms with Crippen LogP contribution in [0.3, 0.4) is 0 Å². The maximum atomic E-state index is 12.4. The number of pyridine rings is 1. The van der Waals surface area contributed by atoms with E-state index in [2.05, 4.69) is 38.5 Å². The van der Waals surface area contributed by atoms with Gasteiger partial charge in [0.15, 0.2) is 0 Å². The average molecular weight is 328 g/mol. The Hall–Kier alpha value is -1.14. The third kappa shape index (κ3) is 3.45. The number of carbonyl (C=O) groups is 1. The highest BCUT2D eigenvalue weighted by Crippen LogP contribution is 2.23. The molecule has 1 aliphatic rings. The lowest BCUT2D eigenvalue weighted by molar-refractivity contribution is 0.0423. The van der Waals surface area contributed by atoms with Gasteiger partial charge in [-0.3, -0.25) is 4.79 Å². The molecule has 0 aromatic carbocycles. The Morgan fingerprint density at radius 3 is 2.79 bits per heavy atom. The van der Waals surface area contributed by atoms with E-state index in [1.54, 1.807) is 19.3 Å². The quantitative estimate of drug-likeness (QED) is 0.893. The number of ether oxygens (including phenoxy) is 1. The second-order valence-corrected chi connectivity index (χ2v) is 5.84. The number of carbonyl (C=O) groups excluding carboxylic acids is 1. The van der Waals surface area contributed by atoms with E-state index in [-0.39, 0.29) is 11.4 Å². The molecule has 0 aliphatic carbocycles. The summed E-state index contributed by atoms with van der Waals surface area (Å²) < 4.78 is 6.12. The summed E-state index contributed by atoms with van der Waals surface area (Å²) in [4.78, 5) is 16.6. The first kappa shape index (κ1) is 14.3. The highest BCUT2D eigenvalue weighted by Gasteiger charge is 2.30. The standard InChI is InChI=1S/C13H18BrN3O2/c1-13(3-5-19-6-4-13)17-12(18)10-7-9(14)8-16-11(10)15-2/h7-8H,3-6H2,1-2H3,(H,15,16)(H,17,18).